The molecule has 0 aliphatic carbocycles. The Bertz CT molecular complexity index is 659. The normalized spacial score (nSPS) is 16.8. The molecule has 0 saturated carbocycles. The van der Waals surface area contributed by atoms with E-state index in [0.29, 0.717) is 12.1 Å². The smallest absolute Gasteiger partial charge is 0.253 e. The second kappa shape index (κ2) is 6.06. The van der Waals surface area contributed by atoms with Crippen LogP contribution in [0.25, 0.3) is 10.9 Å². The lowest BCUT2D eigenvalue weighted by Crippen LogP contribution is -2.55. The minimum atomic E-state index is -0.0959. The highest BCUT2D eigenvalue weighted by Crippen LogP contribution is 2.17. The van der Waals surface area contributed by atoms with Crippen LogP contribution in [0.2, 0.25) is 0 Å². The van der Waals surface area contributed by atoms with Crippen molar-refractivity contribution in [3.63, 3.8) is 0 Å². The first-order valence-corrected chi connectivity index (χ1v) is 7.61. The summed E-state index contributed by atoms with van der Waals surface area (Å²) < 4.78 is 5.39. The molecule has 1 saturated heterocycles. The summed E-state index contributed by atoms with van der Waals surface area (Å²) in [4.78, 5) is 14.8. The molecule has 2 heterocycles. The number of benzene rings is 1. The molecule has 2 N–H and O–H groups in total. The van der Waals surface area contributed by atoms with Crippen molar-refractivity contribution < 1.29 is 9.53 Å². The largest absolute Gasteiger partial charge is 0.379 e. The van der Waals surface area contributed by atoms with Crippen molar-refractivity contribution in [2.24, 2.45) is 0 Å². The Morgan fingerprint density at radius 2 is 2.18 bits per heavy atom. The van der Waals surface area contributed by atoms with Crippen molar-refractivity contribution in [2.75, 3.05) is 32.8 Å². The maximum Gasteiger partial charge on any atom is 0.253 e. The molecule has 6 nitrogen and oxygen atoms in total. The van der Waals surface area contributed by atoms with Gasteiger partial charge in [0.15, 0.2) is 0 Å². The lowest BCUT2D eigenvalue weighted by atomic mass is 10.0. The topological polar surface area (TPSA) is 70.2 Å². The monoisotopic (exact) mass is 302 g/mol. The molecule has 118 valence electrons. The van der Waals surface area contributed by atoms with E-state index >= 15 is 0 Å². The summed E-state index contributed by atoms with van der Waals surface area (Å²) in [6.07, 6.45) is 1.73. The van der Waals surface area contributed by atoms with Crippen LogP contribution in [-0.4, -0.2) is 59.4 Å². The Kier molecular flexibility index (Phi) is 4.13. The minimum Gasteiger partial charge on any atom is -0.379 e. The van der Waals surface area contributed by atoms with E-state index in [4.69, 9.17) is 4.74 Å². The van der Waals surface area contributed by atoms with Crippen LogP contribution in [0.4, 0.5) is 0 Å². The number of rotatable bonds is 4. The molecule has 2 aromatic rings. The summed E-state index contributed by atoms with van der Waals surface area (Å²) >= 11 is 0. The summed E-state index contributed by atoms with van der Waals surface area (Å²) in [6, 6.07) is 5.63. The predicted molar refractivity (Wildman–Crippen MR) is 84.9 cm³/mol. The second-order valence-corrected chi connectivity index (χ2v) is 6.23. The number of ether oxygens (including phenoxy) is 1. The summed E-state index contributed by atoms with van der Waals surface area (Å²) in [5.74, 6) is -0.0730. The van der Waals surface area contributed by atoms with Crippen LogP contribution in [0.1, 0.15) is 24.2 Å². The van der Waals surface area contributed by atoms with E-state index in [0.717, 1.165) is 37.2 Å². The number of hydrogen-bond donors (Lipinski definition) is 2. The number of hydrogen-bond acceptors (Lipinski definition) is 4. The molecule has 1 fully saturated rings. The van der Waals surface area contributed by atoms with E-state index in [1.165, 1.54) is 0 Å². The maximum atomic E-state index is 12.5. The predicted octanol–water partition coefficient (Wildman–Crippen LogP) is 1.40. The molecule has 6 heteroatoms. The Morgan fingerprint density at radius 3 is 2.95 bits per heavy atom. The summed E-state index contributed by atoms with van der Waals surface area (Å²) in [6.45, 7) is 8.20. The molecule has 1 aliphatic rings. The molecule has 0 radical (unpaired) electrons. The van der Waals surface area contributed by atoms with Gasteiger partial charge in [-0.3, -0.25) is 14.8 Å². The Balaban J connectivity index is 1.68. The van der Waals surface area contributed by atoms with Crippen molar-refractivity contribution in [2.45, 2.75) is 19.4 Å². The third-order valence-corrected chi connectivity index (χ3v) is 4.27. The lowest BCUT2D eigenvalue weighted by Gasteiger charge is -2.40. The van der Waals surface area contributed by atoms with Crippen molar-refractivity contribution in [3.8, 4) is 0 Å². The lowest BCUT2D eigenvalue weighted by molar-refractivity contribution is -0.00922. The third kappa shape index (κ3) is 2.98. The van der Waals surface area contributed by atoms with Gasteiger partial charge in [0, 0.05) is 30.6 Å². The molecule has 0 bridgehead atoms. The van der Waals surface area contributed by atoms with Gasteiger partial charge < -0.3 is 10.1 Å². The van der Waals surface area contributed by atoms with E-state index in [-0.39, 0.29) is 11.4 Å². The molecule has 1 aromatic carbocycles. The van der Waals surface area contributed by atoms with Crippen LogP contribution < -0.4 is 5.32 Å². The Labute approximate surface area is 129 Å². The molecule has 0 unspecified atom stereocenters. The highest BCUT2D eigenvalue weighted by atomic mass is 16.5. The van der Waals surface area contributed by atoms with E-state index in [2.05, 4.69) is 34.3 Å². The van der Waals surface area contributed by atoms with Gasteiger partial charge in [0.05, 0.1) is 30.5 Å². The van der Waals surface area contributed by atoms with Crippen molar-refractivity contribution >= 4 is 16.8 Å². The molecule has 1 amide bonds. The highest BCUT2D eigenvalue weighted by molar-refractivity contribution is 6.05. The highest BCUT2D eigenvalue weighted by Gasteiger charge is 2.28. The Morgan fingerprint density at radius 1 is 1.41 bits per heavy atom. The summed E-state index contributed by atoms with van der Waals surface area (Å²) in [5.41, 5.74) is 1.32. The SMILES string of the molecule is CC(C)(CNC(=O)c1cccc2cn[nH]c12)N1CCOCC1. The molecule has 3 rings (SSSR count). The number of aromatic nitrogens is 2. The van der Waals surface area contributed by atoms with Gasteiger partial charge in [-0.25, -0.2) is 0 Å². The first kappa shape index (κ1) is 15.0. The van der Waals surface area contributed by atoms with Gasteiger partial charge in [-0.2, -0.15) is 5.10 Å². The van der Waals surface area contributed by atoms with Crippen LogP contribution >= 0.6 is 0 Å². The number of morpholine rings is 1. The molecule has 0 spiro atoms. The molecular weight excluding hydrogens is 280 g/mol. The number of carbonyl (C=O) groups excluding carboxylic acids is 1. The van der Waals surface area contributed by atoms with Crippen LogP contribution in [0.3, 0.4) is 0 Å². The zero-order chi connectivity index (χ0) is 15.6. The number of aromatic amines is 1. The van der Waals surface area contributed by atoms with Crippen LogP contribution in [0.5, 0.6) is 0 Å². The van der Waals surface area contributed by atoms with Gasteiger partial charge in [0.1, 0.15) is 0 Å². The van der Waals surface area contributed by atoms with Crippen LogP contribution in [0.15, 0.2) is 24.4 Å². The Hall–Kier alpha value is -1.92. The maximum absolute atomic E-state index is 12.5. The fraction of sp³-hybridized carbons (Fsp3) is 0.500. The third-order valence-electron chi connectivity index (χ3n) is 4.27. The fourth-order valence-corrected chi connectivity index (χ4v) is 2.83. The first-order valence-electron chi connectivity index (χ1n) is 7.61. The standard InChI is InChI=1S/C16H22N4O2/c1-16(2,20-6-8-22-9-7-20)11-17-15(21)13-5-3-4-12-10-18-19-14(12)13/h3-5,10H,6-9,11H2,1-2H3,(H,17,21)(H,18,19). The van der Waals surface area contributed by atoms with Crippen molar-refractivity contribution in [1.82, 2.24) is 20.4 Å². The zero-order valence-electron chi connectivity index (χ0n) is 13.1. The first-order chi connectivity index (χ1) is 10.6. The van der Waals surface area contributed by atoms with Gasteiger partial charge in [-0.05, 0) is 19.9 Å². The van der Waals surface area contributed by atoms with E-state index in [1.807, 2.05) is 18.2 Å². The van der Waals surface area contributed by atoms with Crippen LogP contribution in [0, 0.1) is 0 Å². The van der Waals surface area contributed by atoms with Crippen LogP contribution in [-0.2, 0) is 4.74 Å². The molecule has 1 aliphatic heterocycles. The zero-order valence-corrected chi connectivity index (χ0v) is 13.1. The number of nitrogens with one attached hydrogen (secondary N) is 2. The second-order valence-electron chi connectivity index (χ2n) is 6.23. The summed E-state index contributed by atoms with van der Waals surface area (Å²) in [7, 11) is 0. The van der Waals surface area contributed by atoms with Gasteiger partial charge in [0.25, 0.3) is 5.91 Å². The molecule has 22 heavy (non-hydrogen) atoms. The van der Waals surface area contributed by atoms with E-state index in [1.54, 1.807) is 6.20 Å². The number of H-pyrrole nitrogens is 1. The number of amides is 1. The number of fused-ring (bicyclic) bond motifs is 1. The number of carbonyl (C=O) groups is 1. The summed E-state index contributed by atoms with van der Waals surface area (Å²) in [5, 5.41) is 10.9. The average molecular weight is 302 g/mol. The van der Waals surface area contributed by atoms with Crippen molar-refractivity contribution in [1.29, 1.82) is 0 Å². The molecule has 1 aromatic heterocycles. The minimum absolute atomic E-state index is 0.0730. The van der Waals surface area contributed by atoms with Gasteiger partial charge in [-0.15, -0.1) is 0 Å². The number of para-hydroxylation sites is 1. The van der Waals surface area contributed by atoms with Gasteiger partial charge >= 0.3 is 0 Å². The van der Waals surface area contributed by atoms with Gasteiger partial charge in [-0.1, -0.05) is 12.1 Å². The van der Waals surface area contributed by atoms with Gasteiger partial charge in [0.2, 0.25) is 0 Å². The van der Waals surface area contributed by atoms with Crippen molar-refractivity contribution in [3.05, 3.63) is 30.0 Å². The fourth-order valence-electron chi connectivity index (χ4n) is 2.83. The van der Waals surface area contributed by atoms with E-state index < -0.39 is 0 Å². The van der Waals surface area contributed by atoms with E-state index in [9.17, 15) is 4.79 Å². The quantitative estimate of drug-likeness (QED) is 0.896. The molecule has 0 atom stereocenters. The number of nitrogens with zero attached hydrogens (tertiary/aromatic N) is 2. The molecular formula is C16H22N4O2. The average Bonchev–Trinajstić information content (AvgIpc) is 3.02.